The summed E-state index contributed by atoms with van der Waals surface area (Å²) in [5.74, 6) is -2.58. The van der Waals surface area contributed by atoms with Crippen molar-refractivity contribution in [3.8, 4) is 6.07 Å². The van der Waals surface area contributed by atoms with E-state index < -0.39 is 17.8 Å². The van der Waals surface area contributed by atoms with Crippen LogP contribution in [0.1, 0.15) is 49.6 Å². The van der Waals surface area contributed by atoms with Crippen molar-refractivity contribution in [2.75, 3.05) is 5.32 Å². The Morgan fingerprint density at radius 1 is 1.25 bits per heavy atom. The van der Waals surface area contributed by atoms with Crippen LogP contribution in [0.5, 0.6) is 0 Å². The fraction of sp³-hybridized carbons (Fsp3) is 0.500. The molecule has 2 rings (SSSR count). The molecule has 1 aliphatic carbocycles. The van der Waals surface area contributed by atoms with Crippen LogP contribution in [0.2, 0.25) is 0 Å². The number of rotatable bonds is 4. The van der Waals surface area contributed by atoms with Crippen LogP contribution in [0.4, 0.5) is 5.00 Å². The Labute approximate surface area is 146 Å². The van der Waals surface area contributed by atoms with E-state index in [9.17, 15) is 20.0 Å². The Balaban J connectivity index is 2.29. The van der Waals surface area contributed by atoms with E-state index in [4.69, 9.17) is 0 Å². The molecule has 0 bridgehead atoms. The summed E-state index contributed by atoms with van der Waals surface area (Å²) in [5.41, 5.74) is 3.57. The van der Waals surface area contributed by atoms with Crippen LogP contribution in [-0.2, 0) is 16.0 Å². The molecule has 0 spiro atoms. The number of anilines is 1. The normalized spacial score (nSPS) is 20.6. The van der Waals surface area contributed by atoms with E-state index in [1.807, 2.05) is 27.7 Å². The van der Waals surface area contributed by atoms with E-state index in [1.165, 1.54) is 11.3 Å². The molecule has 1 aromatic rings. The lowest BCUT2D eigenvalue weighted by molar-refractivity contribution is -0.146. The van der Waals surface area contributed by atoms with Crippen LogP contribution < -0.4 is 5.32 Å². The fourth-order valence-corrected chi connectivity index (χ4v) is 4.34. The molecule has 0 aliphatic heterocycles. The highest BCUT2D eigenvalue weighted by molar-refractivity contribution is 7.16. The number of carboxylic acid groups (broad SMARTS) is 1. The summed E-state index contributed by atoms with van der Waals surface area (Å²) in [6.45, 7) is 7.76. The van der Waals surface area contributed by atoms with Crippen LogP contribution in [0.15, 0.2) is 11.1 Å². The van der Waals surface area contributed by atoms with Gasteiger partial charge in [-0.25, -0.2) is 0 Å². The number of nitrogens with one attached hydrogen (secondary N) is 1. The predicted octanol–water partition coefficient (Wildman–Crippen LogP) is 3.88. The van der Waals surface area contributed by atoms with Gasteiger partial charge in [0.1, 0.15) is 11.1 Å². The Morgan fingerprint density at radius 3 is 2.33 bits per heavy atom. The van der Waals surface area contributed by atoms with E-state index in [0.29, 0.717) is 23.4 Å². The molecule has 0 aromatic carbocycles. The van der Waals surface area contributed by atoms with Gasteiger partial charge < -0.3 is 10.4 Å². The molecule has 0 fully saturated rings. The monoisotopic (exact) mass is 346 g/mol. The smallest absolute Gasteiger partial charge is 0.307 e. The van der Waals surface area contributed by atoms with Crippen LogP contribution in [0.25, 0.3) is 0 Å². The van der Waals surface area contributed by atoms with Crippen LogP contribution in [0.3, 0.4) is 0 Å². The minimum absolute atomic E-state index is 0.311. The van der Waals surface area contributed by atoms with E-state index in [-0.39, 0.29) is 5.91 Å². The third-order valence-electron chi connectivity index (χ3n) is 4.83. The molecule has 2 N–H and O–H groups in total. The van der Waals surface area contributed by atoms with Gasteiger partial charge in [0.2, 0.25) is 5.91 Å². The molecule has 1 aliphatic rings. The van der Waals surface area contributed by atoms with Crippen LogP contribution in [-0.4, -0.2) is 17.0 Å². The van der Waals surface area contributed by atoms with Gasteiger partial charge in [0, 0.05) is 4.88 Å². The molecule has 2 atom stereocenters. The van der Waals surface area contributed by atoms with Crippen molar-refractivity contribution in [3.63, 3.8) is 0 Å². The first-order chi connectivity index (χ1) is 11.3. The number of hydrogen-bond acceptors (Lipinski definition) is 4. The average molecular weight is 346 g/mol. The lowest BCUT2D eigenvalue weighted by Gasteiger charge is -2.29. The minimum atomic E-state index is -0.945. The first-order valence-corrected chi connectivity index (χ1v) is 8.83. The lowest BCUT2D eigenvalue weighted by atomic mass is 9.76. The molecule has 0 radical (unpaired) electrons. The number of allylic oxidation sites excluding steroid dienone is 2. The van der Waals surface area contributed by atoms with Crippen LogP contribution >= 0.6 is 11.3 Å². The maximum atomic E-state index is 12.7. The van der Waals surface area contributed by atoms with Crippen molar-refractivity contribution in [1.82, 2.24) is 0 Å². The van der Waals surface area contributed by atoms with Gasteiger partial charge >= 0.3 is 5.97 Å². The number of aryl methyl sites for hydroxylation is 1. The molecular formula is C18H22N2O3S. The molecule has 1 heterocycles. The number of amides is 1. The Bertz CT molecular complexity index is 755. The quantitative estimate of drug-likeness (QED) is 0.810. The first kappa shape index (κ1) is 18.2. The van der Waals surface area contributed by atoms with E-state index in [2.05, 4.69) is 11.4 Å². The molecular weight excluding hydrogens is 324 g/mol. The average Bonchev–Trinajstić information content (AvgIpc) is 2.83. The van der Waals surface area contributed by atoms with Gasteiger partial charge in [-0.1, -0.05) is 18.1 Å². The van der Waals surface area contributed by atoms with Crippen molar-refractivity contribution in [1.29, 1.82) is 5.26 Å². The molecule has 1 amide bonds. The SMILES string of the molecule is CCc1c(C)sc(NC(=O)[C@@H]2CC(C)=C(C)C[C@@H]2C(=O)O)c1C#N. The zero-order chi connectivity index (χ0) is 18.0. The van der Waals surface area contributed by atoms with Gasteiger partial charge in [0.25, 0.3) is 0 Å². The zero-order valence-electron chi connectivity index (χ0n) is 14.4. The molecule has 0 unspecified atom stereocenters. The maximum absolute atomic E-state index is 12.7. The minimum Gasteiger partial charge on any atom is -0.481 e. The highest BCUT2D eigenvalue weighted by Crippen LogP contribution is 2.37. The number of carboxylic acids is 1. The molecule has 5 nitrogen and oxygen atoms in total. The number of hydrogen-bond donors (Lipinski definition) is 2. The summed E-state index contributed by atoms with van der Waals surface area (Å²) in [7, 11) is 0. The Hall–Kier alpha value is -2.13. The topological polar surface area (TPSA) is 90.2 Å². The van der Waals surface area contributed by atoms with Crippen molar-refractivity contribution in [3.05, 3.63) is 27.2 Å². The third-order valence-corrected chi connectivity index (χ3v) is 5.89. The summed E-state index contributed by atoms with van der Waals surface area (Å²) in [5, 5.41) is 22.2. The molecule has 0 saturated heterocycles. The highest BCUT2D eigenvalue weighted by atomic mass is 32.1. The number of carbonyl (C=O) groups is 2. The number of thiophene rings is 1. The Kier molecular flexibility index (Phi) is 5.45. The first-order valence-electron chi connectivity index (χ1n) is 8.01. The third kappa shape index (κ3) is 3.36. The summed E-state index contributed by atoms with van der Waals surface area (Å²) in [4.78, 5) is 25.3. The van der Waals surface area contributed by atoms with Crippen molar-refractivity contribution >= 4 is 28.2 Å². The molecule has 0 saturated carbocycles. The lowest BCUT2D eigenvalue weighted by Crippen LogP contribution is -2.36. The summed E-state index contributed by atoms with van der Waals surface area (Å²) in [6.07, 6.45) is 1.57. The van der Waals surface area contributed by atoms with E-state index in [0.717, 1.165) is 28.0 Å². The number of nitrogens with zero attached hydrogens (tertiary/aromatic N) is 1. The summed E-state index contributed by atoms with van der Waals surface area (Å²) < 4.78 is 0. The largest absolute Gasteiger partial charge is 0.481 e. The molecule has 6 heteroatoms. The van der Waals surface area contributed by atoms with Crippen molar-refractivity contribution in [2.24, 2.45) is 11.8 Å². The van der Waals surface area contributed by atoms with E-state index >= 15 is 0 Å². The number of nitriles is 1. The van der Waals surface area contributed by atoms with Gasteiger partial charge in [0.05, 0.1) is 17.4 Å². The van der Waals surface area contributed by atoms with Gasteiger partial charge in [-0.15, -0.1) is 11.3 Å². The van der Waals surface area contributed by atoms with Crippen molar-refractivity contribution < 1.29 is 14.7 Å². The van der Waals surface area contributed by atoms with Gasteiger partial charge in [-0.05, 0) is 45.6 Å². The fourth-order valence-electron chi connectivity index (χ4n) is 3.24. The highest BCUT2D eigenvalue weighted by Gasteiger charge is 2.37. The van der Waals surface area contributed by atoms with Crippen LogP contribution in [0, 0.1) is 30.1 Å². The Morgan fingerprint density at radius 2 is 1.83 bits per heavy atom. The van der Waals surface area contributed by atoms with E-state index in [1.54, 1.807) is 0 Å². The second kappa shape index (κ2) is 7.18. The molecule has 1 aromatic heterocycles. The summed E-state index contributed by atoms with van der Waals surface area (Å²) >= 11 is 1.38. The zero-order valence-corrected chi connectivity index (χ0v) is 15.2. The van der Waals surface area contributed by atoms with Gasteiger partial charge in [0.15, 0.2) is 0 Å². The second-order valence-electron chi connectivity index (χ2n) is 6.32. The maximum Gasteiger partial charge on any atom is 0.307 e. The second-order valence-corrected chi connectivity index (χ2v) is 7.54. The number of carbonyl (C=O) groups excluding carboxylic acids is 1. The molecule has 24 heavy (non-hydrogen) atoms. The standard InChI is InChI=1S/C18H22N2O3S/c1-5-12-11(4)24-17(15(12)8-19)20-16(21)13-6-9(2)10(3)7-14(13)18(22)23/h13-14H,5-7H2,1-4H3,(H,20,21)(H,22,23)/t13-,14+/m1/s1. The van der Waals surface area contributed by atoms with Gasteiger partial charge in [-0.2, -0.15) is 5.26 Å². The predicted molar refractivity (Wildman–Crippen MR) is 94.0 cm³/mol. The van der Waals surface area contributed by atoms with Crippen molar-refractivity contribution in [2.45, 2.75) is 47.0 Å². The van der Waals surface area contributed by atoms with Gasteiger partial charge in [-0.3, -0.25) is 9.59 Å². The summed E-state index contributed by atoms with van der Waals surface area (Å²) in [6, 6.07) is 2.16. The molecule has 128 valence electrons. The number of aliphatic carboxylic acids is 1.